The molecule has 0 radical (unpaired) electrons. The van der Waals surface area contributed by atoms with Gasteiger partial charge in [0.15, 0.2) is 5.78 Å². The molecule has 0 aromatic rings. The summed E-state index contributed by atoms with van der Waals surface area (Å²) in [7, 11) is 0. The van der Waals surface area contributed by atoms with Crippen molar-refractivity contribution in [1.29, 1.82) is 0 Å². The average molecular weight is 201 g/mol. The van der Waals surface area contributed by atoms with Crippen LogP contribution in [0.2, 0.25) is 0 Å². The Morgan fingerprint density at radius 3 is 2.77 bits per heavy atom. The molecule has 3 heteroatoms. The second-order valence-corrected chi connectivity index (χ2v) is 4.30. The summed E-state index contributed by atoms with van der Waals surface area (Å²) in [6, 6.07) is 0. The molecule has 13 heavy (non-hydrogen) atoms. The van der Waals surface area contributed by atoms with Crippen molar-refractivity contribution in [2.75, 3.05) is 6.61 Å². The first kappa shape index (κ1) is 10.5. The number of aliphatic hydroxyl groups is 1. The van der Waals surface area contributed by atoms with Crippen molar-refractivity contribution in [3.63, 3.8) is 0 Å². The van der Waals surface area contributed by atoms with Crippen molar-refractivity contribution in [1.82, 2.24) is 0 Å². The minimum Gasteiger partial charge on any atom is -0.394 e. The second kappa shape index (κ2) is 3.64. The molecule has 1 atom stereocenters. The van der Waals surface area contributed by atoms with Crippen LogP contribution in [0, 0.1) is 5.41 Å². The molecule has 0 saturated carbocycles. The fourth-order valence-electron chi connectivity index (χ4n) is 1.25. The van der Waals surface area contributed by atoms with Gasteiger partial charge in [0.1, 0.15) is 0 Å². The maximum absolute atomic E-state index is 11.3. The normalized spacial score (nSPS) is 22.8. The quantitative estimate of drug-likeness (QED) is 0.689. The molecule has 0 aliphatic heterocycles. The number of allylic oxidation sites excluding steroid dienone is 3. The van der Waals surface area contributed by atoms with Crippen LogP contribution in [-0.4, -0.2) is 22.9 Å². The van der Waals surface area contributed by atoms with Crippen molar-refractivity contribution in [3.8, 4) is 0 Å². The summed E-state index contributed by atoms with van der Waals surface area (Å²) in [5, 5.41) is 8.24. The number of aliphatic hydroxyl groups excluding tert-OH is 1. The van der Waals surface area contributed by atoms with Gasteiger partial charge in [-0.25, -0.2) is 0 Å². The monoisotopic (exact) mass is 200 g/mol. The van der Waals surface area contributed by atoms with E-state index in [-0.39, 0.29) is 17.8 Å². The smallest absolute Gasteiger partial charge is 0.182 e. The number of rotatable bonds is 2. The van der Waals surface area contributed by atoms with Crippen molar-refractivity contribution >= 4 is 17.4 Å². The number of hydrogen-bond acceptors (Lipinski definition) is 2. The van der Waals surface area contributed by atoms with Crippen molar-refractivity contribution in [2.24, 2.45) is 5.41 Å². The summed E-state index contributed by atoms with van der Waals surface area (Å²) in [6.45, 7) is 3.76. The minimum absolute atomic E-state index is 0.103. The molecule has 0 aromatic carbocycles. The highest BCUT2D eigenvalue weighted by Gasteiger charge is 2.24. The molecule has 1 rings (SSSR count). The minimum atomic E-state index is -0.586. The Hall–Kier alpha value is -0.600. The maximum atomic E-state index is 11.3. The van der Waals surface area contributed by atoms with Gasteiger partial charge in [-0.15, -0.1) is 11.6 Å². The molecule has 0 spiro atoms. The van der Waals surface area contributed by atoms with Gasteiger partial charge in [-0.1, -0.05) is 26.0 Å². The summed E-state index contributed by atoms with van der Waals surface area (Å²) < 4.78 is 0. The third-order valence-electron chi connectivity index (χ3n) is 1.97. The van der Waals surface area contributed by atoms with Gasteiger partial charge < -0.3 is 5.11 Å². The van der Waals surface area contributed by atoms with Crippen LogP contribution in [0.3, 0.4) is 0 Å². The molecule has 2 nitrogen and oxygen atoms in total. The lowest BCUT2D eigenvalue weighted by molar-refractivity contribution is -0.111. The van der Waals surface area contributed by atoms with E-state index in [0.29, 0.717) is 5.57 Å². The Morgan fingerprint density at radius 2 is 2.23 bits per heavy atom. The first-order valence-corrected chi connectivity index (χ1v) is 4.61. The number of ketones is 1. The lowest BCUT2D eigenvalue weighted by atomic mass is 9.84. The summed E-state index contributed by atoms with van der Waals surface area (Å²) in [6.07, 6.45) is 5.16. The van der Waals surface area contributed by atoms with Crippen LogP contribution in [0.25, 0.3) is 0 Å². The molecule has 0 amide bonds. The maximum Gasteiger partial charge on any atom is 0.182 e. The van der Waals surface area contributed by atoms with Gasteiger partial charge in [0.25, 0.3) is 0 Å². The van der Waals surface area contributed by atoms with Crippen LogP contribution < -0.4 is 0 Å². The van der Waals surface area contributed by atoms with E-state index >= 15 is 0 Å². The van der Waals surface area contributed by atoms with Crippen LogP contribution in [0.4, 0.5) is 0 Å². The van der Waals surface area contributed by atoms with E-state index in [0.717, 1.165) is 0 Å². The third-order valence-corrected chi connectivity index (χ3v) is 2.35. The molecule has 0 heterocycles. The Kier molecular flexibility index (Phi) is 2.94. The highest BCUT2D eigenvalue weighted by molar-refractivity contribution is 6.27. The zero-order chi connectivity index (χ0) is 10.1. The Bertz CT molecular complexity index is 277. The van der Waals surface area contributed by atoms with E-state index < -0.39 is 5.38 Å². The largest absolute Gasteiger partial charge is 0.394 e. The van der Waals surface area contributed by atoms with Crippen LogP contribution >= 0.6 is 11.6 Å². The highest BCUT2D eigenvalue weighted by Crippen LogP contribution is 2.28. The Balaban J connectivity index is 2.95. The van der Waals surface area contributed by atoms with E-state index in [9.17, 15) is 4.79 Å². The van der Waals surface area contributed by atoms with E-state index in [4.69, 9.17) is 16.7 Å². The molecule has 0 bridgehead atoms. The van der Waals surface area contributed by atoms with Gasteiger partial charge in [0, 0.05) is 11.0 Å². The number of hydrogen-bond donors (Lipinski definition) is 1. The number of carbonyl (C=O) groups excluding carboxylic acids is 1. The van der Waals surface area contributed by atoms with Crippen LogP contribution in [0.5, 0.6) is 0 Å². The average Bonchev–Trinajstić information content (AvgIpc) is 2.08. The molecule has 0 unspecified atom stereocenters. The van der Waals surface area contributed by atoms with Crippen molar-refractivity contribution < 1.29 is 9.90 Å². The van der Waals surface area contributed by atoms with Crippen molar-refractivity contribution in [3.05, 3.63) is 23.8 Å². The predicted octanol–water partition coefficient (Wildman–Crippen LogP) is 1.68. The molecule has 0 fully saturated rings. The van der Waals surface area contributed by atoms with E-state index in [1.165, 1.54) is 6.08 Å². The Morgan fingerprint density at radius 1 is 1.62 bits per heavy atom. The topological polar surface area (TPSA) is 37.3 Å². The summed E-state index contributed by atoms with van der Waals surface area (Å²) in [4.78, 5) is 11.3. The second-order valence-electron chi connectivity index (χ2n) is 3.77. The van der Waals surface area contributed by atoms with E-state index in [2.05, 4.69) is 0 Å². The van der Waals surface area contributed by atoms with Gasteiger partial charge >= 0.3 is 0 Å². The molecule has 1 aliphatic rings. The molecular weight excluding hydrogens is 188 g/mol. The number of carbonyl (C=O) groups is 1. The summed E-state index contributed by atoms with van der Waals surface area (Å²) in [5.41, 5.74) is 0.350. The van der Waals surface area contributed by atoms with Gasteiger partial charge in [-0.05, 0) is 6.08 Å². The zero-order valence-electron chi connectivity index (χ0n) is 7.75. The lowest BCUT2D eigenvalue weighted by Gasteiger charge is -2.22. The van der Waals surface area contributed by atoms with Crippen LogP contribution in [0.15, 0.2) is 23.8 Å². The molecule has 0 saturated heterocycles. The van der Waals surface area contributed by atoms with Gasteiger partial charge in [0.2, 0.25) is 0 Å². The number of halogens is 1. The van der Waals surface area contributed by atoms with Crippen molar-refractivity contribution in [2.45, 2.75) is 19.2 Å². The van der Waals surface area contributed by atoms with Crippen LogP contribution in [-0.2, 0) is 4.79 Å². The highest BCUT2D eigenvalue weighted by atomic mass is 35.5. The van der Waals surface area contributed by atoms with Crippen LogP contribution in [0.1, 0.15) is 13.8 Å². The molecular formula is C10H13ClO2. The Labute approximate surface area is 82.9 Å². The molecule has 72 valence electrons. The fourth-order valence-corrected chi connectivity index (χ4v) is 1.42. The predicted molar refractivity (Wildman–Crippen MR) is 52.7 cm³/mol. The lowest BCUT2D eigenvalue weighted by Crippen LogP contribution is -2.22. The summed E-state index contributed by atoms with van der Waals surface area (Å²) >= 11 is 5.79. The third kappa shape index (κ3) is 2.42. The zero-order valence-corrected chi connectivity index (χ0v) is 8.51. The van der Waals surface area contributed by atoms with Gasteiger partial charge in [0.05, 0.1) is 12.0 Å². The standard InChI is InChI=1S/C10H13ClO2/c1-10(2)4-3-9(13)7(5-10)8(11)6-12/h3-5,8,12H,6H2,1-2H3/t8-/m1/s1. The SMILES string of the molecule is CC1(C)C=CC(=O)C([C@H](Cl)CO)=C1. The van der Waals surface area contributed by atoms with E-state index in [1.807, 2.05) is 26.0 Å². The van der Waals surface area contributed by atoms with Gasteiger partial charge in [-0.2, -0.15) is 0 Å². The molecule has 1 aliphatic carbocycles. The fraction of sp³-hybridized carbons (Fsp3) is 0.500. The first-order valence-electron chi connectivity index (χ1n) is 4.17. The number of alkyl halides is 1. The first-order chi connectivity index (χ1) is 5.96. The van der Waals surface area contributed by atoms with E-state index in [1.54, 1.807) is 0 Å². The molecule has 0 aromatic heterocycles. The van der Waals surface area contributed by atoms with Gasteiger partial charge in [-0.3, -0.25) is 4.79 Å². The summed E-state index contributed by atoms with van der Waals surface area (Å²) in [5.74, 6) is -0.103. The molecule has 1 N–H and O–H groups in total.